The maximum atomic E-state index is 13.1. The number of amides is 1. The standard InChI is InChI=1S/C22H24N4O/c1-14(2)26-21-18(12-23-26)11-20(16(4)24-21)22(27)25-10-9-17(13-25)19-8-6-5-7-15(19)3/h5-9,11-12,14H,10,13H2,1-4H3. The Balaban J connectivity index is 1.61. The van der Waals surface area contributed by atoms with Gasteiger partial charge in [-0.2, -0.15) is 5.10 Å². The highest BCUT2D eigenvalue weighted by atomic mass is 16.2. The fourth-order valence-corrected chi connectivity index (χ4v) is 3.67. The van der Waals surface area contributed by atoms with Gasteiger partial charge in [0.05, 0.1) is 17.5 Å². The molecule has 1 aliphatic rings. The largest absolute Gasteiger partial charge is 0.331 e. The van der Waals surface area contributed by atoms with Crippen molar-refractivity contribution in [1.29, 1.82) is 0 Å². The van der Waals surface area contributed by atoms with Crippen molar-refractivity contribution in [3.8, 4) is 0 Å². The summed E-state index contributed by atoms with van der Waals surface area (Å²) in [5, 5.41) is 5.32. The Kier molecular flexibility index (Phi) is 4.30. The number of carbonyl (C=O) groups is 1. The molecule has 0 unspecified atom stereocenters. The summed E-state index contributed by atoms with van der Waals surface area (Å²) in [6, 6.07) is 10.5. The number of aryl methyl sites for hydroxylation is 2. The lowest BCUT2D eigenvalue weighted by molar-refractivity contribution is 0.0800. The lowest BCUT2D eigenvalue weighted by atomic mass is 10.0. The molecule has 5 heteroatoms. The summed E-state index contributed by atoms with van der Waals surface area (Å²) in [5.41, 5.74) is 5.90. The molecular formula is C22H24N4O. The molecule has 2 aromatic heterocycles. The van der Waals surface area contributed by atoms with Crippen molar-refractivity contribution >= 4 is 22.5 Å². The molecule has 138 valence electrons. The van der Waals surface area contributed by atoms with Crippen LogP contribution in [0.5, 0.6) is 0 Å². The van der Waals surface area contributed by atoms with Crippen LogP contribution in [0, 0.1) is 13.8 Å². The molecule has 3 aromatic rings. The van der Waals surface area contributed by atoms with E-state index in [0.717, 1.165) is 16.7 Å². The lowest BCUT2D eigenvalue weighted by Gasteiger charge is -2.18. The fourth-order valence-electron chi connectivity index (χ4n) is 3.67. The van der Waals surface area contributed by atoms with Crippen molar-refractivity contribution in [3.05, 3.63) is 65.0 Å². The summed E-state index contributed by atoms with van der Waals surface area (Å²) in [5.74, 6) is 0.0269. The van der Waals surface area contributed by atoms with Gasteiger partial charge >= 0.3 is 0 Å². The zero-order valence-electron chi connectivity index (χ0n) is 16.2. The summed E-state index contributed by atoms with van der Waals surface area (Å²) in [6.45, 7) is 9.42. The number of pyridine rings is 1. The highest BCUT2D eigenvalue weighted by Gasteiger charge is 2.24. The molecule has 0 saturated carbocycles. The van der Waals surface area contributed by atoms with Gasteiger partial charge in [-0.1, -0.05) is 30.3 Å². The van der Waals surface area contributed by atoms with Crippen molar-refractivity contribution in [3.63, 3.8) is 0 Å². The summed E-state index contributed by atoms with van der Waals surface area (Å²) in [6.07, 6.45) is 3.94. The van der Waals surface area contributed by atoms with Crippen molar-refractivity contribution < 1.29 is 4.79 Å². The lowest BCUT2D eigenvalue weighted by Crippen LogP contribution is -2.29. The molecule has 0 radical (unpaired) electrons. The Labute approximate surface area is 159 Å². The highest BCUT2D eigenvalue weighted by molar-refractivity contribution is 5.99. The minimum atomic E-state index is 0.0269. The van der Waals surface area contributed by atoms with Gasteiger partial charge in [0.15, 0.2) is 5.65 Å². The van der Waals surface area contributed by atoms with Gasteiger partial charge in [-0.05, 0) is 50.5 Å². The Morgan fingerprint density at radius 1 is 1.19 bits per heavy atom. The van der Waals surface area contributed by atoms with Crippen molar-refractivity contribution in [2.75, 3.05) is 13.1 Å². The molecule has 1 aliphatic heterocycles. The van der Waals surface area contributed by atoms with Crippen LogP contribution in [-0.4, -0.2) is 38.7 Å². The van der Waals surface area contributed by atoms with Crippen LogP contribution < -0.4 is 0 Å². The zero-order chi connectivity index (χ0) is 19.1. The fraction of sp³-hybridized carbons (Fsp3) is 0.318. The summed E-state index contributed by atoms with van der Waals surface area (Å²) in [4.78, 5) is 19.7. The Bertz CT molecular complexity index is 1060. The van der Waals surface area contributed by atoms with Gasteiger partial charge < -0.3 is 4.90 Å². The molecule has 3 heterocycles. The van der Waals surface area contributed by atoms with Crippen LogP contribution in [0.25, 0.3) is 16.6 Å². The number of rotatable bonds is 3. The summed E-state index contributed by atoms with van der Waals surface area (Å²) < 4.78 is 1.89. The third-order valence-corrected chi connectivity index (χ3v) is 5.18. The first-order valence-corrected chi connectivity index (χ1v) is 9.35. The van der Waals surface area contributed by atoms with E-state index in [-0.39, 0.29) is 11.9 Å². The van der Waals surface area contributed by atoms with Gasteiger partial charge in [0.1, 0.15) is 0 Å². The molecule has 0 bridgehead atoms. The average Bonchev–Trinajstić information content (AvgIpc) is 3.27. The Morgan fingerprint density at radius 2 is 1.96 bits per heavy atom. The third-order valence-electron chi connectivity index (χ3n) is 5.18. The quantitative estimate of drug-likeness (QED) is 0.704. The number of aromatic nitrogens is 3. The van der Waals surface area contributed by atoms with Gasteiger partial charge in [0.25, 0.3) is 5.91 Å². The third kappa shape index (κ3) is 3.03. The first-order valence-electron chi connectivity index (χ1n) is 9.35. The highest BCUT2D eigenvalue weighted by Crippen LogP contribution is 2.26. The summed E-state index contributed by atoms with van der Waals surface area (Å²) in [7, 11) is 0. The average molecular weight is 360 g/mol. The number of nitrogens with zero attached hydrogens (tertiary/aromatic N) is 4. The van der Waals surface area contributed by atoms with Gasteiger partial charge in [-0.3, -0.25) is 4.79 Å². The number of hydrogen-bond acceptors (Lipinski definition) is 3. The van der Waals surface area contributed by atoms with E-state index < -0.39 is 0 Å². The number of carbonyl (C=O) groups excluding carboxylic acids is 1. The second-order valence-electron chi connectivity index (χ2n) is 7.45. The summed E-state index contributed by atoms with van der Waals surface area (Å²) >= 11 is 0. The van der Waals surface area contributed by atoms with Gasteiger partial charge in [0, 0.05) is 24.5 Å². The number of benzene rings is 1. The minimum Gasteiger partial charge on any atom is -0.331 e. The van der Waals surface area contributed by atoms with Gasteiger partial charge in [-0.25, -0.2) is 9.67 Å². The molecule has 0 atom stereocenters. The normalized spacial score (nSPS) is 14.3. The van der Waals surface area contributed by atoms with E-state index in [1.165, 1.54) is 16.7 Å². The Morgan fingerprint density at radius 3 is 2.70 bits per heavy atom. The van der Waals surface area contributed by atoms with Crippen LogP contribution in [0.15, 0.2) is 42.6 Å². The van der Waals surface area contributed by atoms with Crippen molar-refractivity contribution in [2.45, 2.75) is 33.7 Å². The SMILES string of the molecule is Cc1ccccc1C1=CCN(C(=O)c2cc3cnn(C(C)C)c3nc2C)C1. The monoisotopic (exact) mass is 360 g/mol. The van der Waals surface area contributed by atoms with E-state index in [9.17, 15) is 4.79 Å². The molecule has 27 heavy (non-hydrogen) atoms. The van der Waals surface area contributed by atoms with Crippen LogP contribution in [0.3, 0.4) is 0 Å². The van der Waals surface area contributed by atoms with Crippen LogP contribution in [0.4, 0.5) is 0 Å². The molecule has 0 saturated heterocycles. The predicted octanol–water partition coefficient (Wildman–Crippen LogP) is 4.17. The first kappa shape index (κ1) is 17.5. The van der Waals surface area contributed by atoms with Crippen LogP contribution >= 0.6 is 0 Å². The predicted molar refractivity (Wildman–Crippen MR) is 108 cm³/mol. The van der Waals surface area contributed by atoms with Crippen molar-refractivity contribution in [1.82, 2.24) is 19.7 Å². The molecule has 0 fully saturated rings. The first-order chi connectivity index (χ1) is 13.0. The molecule has 0 aliphatic carbocycles. The molecule has 0 spiro atoms. The molecule has 4 rings (SSSR count). The maximum Gasteiger partial charge on any atom is 0.256 e. The van der Waals surface area contributed by atoms with Crippen LogP contribution in [0.1, 0.15) is 47.1 Å². The van der Waals surface area contributed by atoms with E-state index in [0.29, 0.717) is 18.7 Å². The van der Waals surface area contributed by atoms with Gasteiger partial charge in [0.2, 0.25) is 0 Å². The van der Waals surface area contributed by atoms with E-state index in [1.54, 1.807) is 6.20 Å². The van der Waals surface area contributed by atoms with Crippen LogP contribution in [0.2, 0.25) is 0 Å². The van der Waals surface area contributed by atoms with E-state index >= 15 is 0 Å². The van der Waals surface area contributed by atoms with E-state index in [4.69, 9.17) is 0 Å². The van der Waals surface area contributed by atoms with E-state index in [2.05, 4.69) is 49.1 Å². The van der Waals surface area contributed by atoms with E-state index in [1.807, 2.05) is 34.7 Å². The minimum absolute atomic E-state index is 0.0269. The topological polar surface area (TPSA) is 51.0 Å². The van der Waals surface area contributed by atoms with Crippen molar-refractivity contribution in [2.24, 2.45) is 0 Å². The van der Waals surface area contributed by atoms with Gasteiger partial charge in [-0.15, -0.1) is 0 Å². The second-order valence-corrected chi connectivity index (χ2v) is 7.45. The molecular weight excluding hydrogens is 336 g/mol. The zero-order valence-corrected chi connectivity index (χ0v) is 16.2. The van der Waals surface area contributed by atoms with Crippen LogP contribution in [-0.2, 0) is 0 Å². The Hall–Kier alpha value is -2.95. The number of hydrogen-bond donors (Lipinski definition) is 0. The molecule has 5 nitrogen and oxygen atoms in total. The molecule has 0 N–H and O–H groups in total. The number of fused-ring (bicyclic) bond motifs is 1. The second kappa shape index (κ2) is 6.65. The molecule has 1 aromatic carbocycles. The molecule has 1 amide bonds. The smallest absolute Gasteiger partial charge is 0.256 e. The maximum absolute atomic E-state index is 13.1.